The van der Waals surface area contributed by atoms with Gasteiger partial charge in [0, 0.05) is 16.8 Å². The predicted octanol–water partition coefficient (Wildman–Crippen LogP) is 2.66. The molecule has 2 aromatic rings. The monoisotopic (exact) mass is 359 g/mol. The van der Waals surface area contributed by atoms with Gasteiger partial charge in [-0.3, -0.25) is 9.54 Å². The van der Waals surface area contributed by atoms with Crippen LogP contribution >= 0.6 is 0 Å². The molecule has 0 radical (unpaired) electrons. The number of benzene rings is 1. The Bertz CT molecular complexity index is 964. The molecule has 2 N–H and O–H groups in total. The van der Waals surface area contributed by atoms with E-state index in [1.165, 1.54) is 0 Å². The van der Waals surface area contributed by atoms with Crippen LogP contribution in [0.25, 0.3) is 11.3 Å². The molecule has 1 aromatic carbocycles. The molecule has 1 aliphatic heterocycles. The highest BCUT2D eigenvalue weighted by molar-refractivity contribution is 7.86. The number of nitriles is 1. The molecule has 25 heavy (non-hydrogen) atoms. The summed E-state index contributed by atoms with van der Waals surface area (Å²) in [4.78, 5) is 4.46. The van der Waals surface area contributed by atoms with Crippen LogP contribution in [0.5, 0.6) is 0 Å². The second kappa shape index (κ2) is 6.11. The van der Waals surface area contributed by atoms with Crippen LogP contribution < -0.4 is 5.32 Å². The van der Waals surface area contributed by atoms with Gasteiger partial charge in [0.1, 0.15) is 0 Å². The lowest BCUT2D eigenvalue weighted by atomic mass is 9.92. The van der Waals surface area contributed by atoms with E-state index in [2.05, 4.69) is 16.4 Å². The average Bonchev–Trinajstić information content (AvgIpc) is 2.54. The third kappa shape index (κ3) is 3.49. The molecule has 8 heteroatoms. The Morgan fingerprint density at radius 2 is 2.12 bits per heavy atom. The molecule has 0 bridgehead atoms. The molecule has 1 aromatic heterocycles. The Balaban J connectivity index is 2.03. The summed E-state index contributed by atoms with van der Waals surface area (Å²) in [7, 11) is -4.39. The SMILES string of the molecule is CC1(C)OC(S(=O)(=O)O)Nc2ccc(-c3cccc(CC#N)n3)cc21. The topological polar surface area (TPSA) is 112 Å². The molecule has 0 spiro atoms. The molecule has 0 saturated heterocycles. The smallest absolute Gasteiger partial charge is 0.312 e. The van der Waals surface area contributed by atoms with Crippen LogP contribution in [0.15, 0.2) is 36.4 Å². The van der Waals surface area contributed by atoms with Crippen molar-refractivity contribution in [1.29, 1.82) is 5.26 Å². The number of aromatic nitrogens is 1. The predicted molar refractivity (Wildman–Crippen MR) is 92.1 cm³/mol. The first kappa shape index (κ1) is 17.4. The minimum atomic E-state index is -4.39. The average molecular weight is 359 g/mol. The van der Waals surface area contributed by atoms with Gasteiger partial charge in [-0.2, -0.15) is 13.7 Å². The quantitative estimate of drug-likeness (QED) is 0.810. The van der Waals surface area contributed by atoms with Gasteiger partial charge in [-0.1, -0.05) is 12.1 Å². The van der Waals surface area contributed by atoms with Gasteiger partial charge in [-0.05, 0) is 38.1 Å². The van der Waals surface area contributed by atoms with E-state index in [4.69, 9.17) is 10.00 Å². The van der Waals surface area contributed by atoms with Crippen molar-refractivity contribution in [2.75, 3.05) is 5.32 Å². The van der Waals surface area contributed by atoms with E-state index < -0.39 is 21.3 Å². The number of hydrogen-bond donors (Lipinski definition) is 2. The summed E-state index contributed by atoms with van der Waals surface area (Å²) in [6, 6.07) is 12.9. The van der Waals surface area contributed by atoms with Crippen LogP contribution in [0.1, 0.15) is 25.1 Å². The third-order valence-corrected chi connectivity index (χ3v) is 4.73. The standard InChI is InChI=1S/C17H17N3O4S/c1-17(2)13-10-11(14-5-3-4-12(19-14)8-9-18)6-7-15(13)20-16(24-17)25(21,22)23/h3-7,10,16,20H,8H2,1-2H3,(H,21,22,23). The lowest BCUT2D eigenvalue weighted by Gasteiger charge is -2.37. The van der Waals surface area contributed by atoms with E-state index in [1.54, 1.807) is 32.0 Å². The van der Waals surface area contributed by atoms with Gasteiger partial charge in [0.05, 0.1) is 29.5 Å². The minimum absolute atomic E-state index is 0.227. The van der Waals surface area contributed by atoms with Crippen LogP contribution in [0.2, 0.25) is 0 Å². The van der Waals surface area contributed by atoms with Crippen molar-refractivity contribution in [3.63, 3.8) is 0 Å². The fourth-order valence-corrected chi connectivity index (χ4v) is 3.41. The second-order valence-electron chi connectivity index (χ2n) is 6.23. The minimum Gasteiger partial charge on any atom is -0.345 e. The van der Waals surface area contributed by atoms with Crippen molar-refractivity contribution in [3.05, 3.63) is 47.7 Å². The van der Waals surface area contributed by atoms with Crippen LogP contribution in [-0.4, -0.2) is 23.5 Å². The fourth-order valence-electron chi connectivity index (χ4n) is 2.77. The number of nitrogens with zero attached hydrogens (tertiary/aromatic N) is 2. The first-order chi connectivity index (χ1) is 11.7. The van der Waals surface area contributed by atoms with Crippen molar-refractivity contribution < 1.29 is 17.7 Å². The number of anilines is 1. The number of nitrogens with one attached hydrogen (secondary N) is 1. The van der Waals surface area contributed by atoms with Crippen molar-refractivity contribution in [2.45, 2.75) is 31.4 Å². The largest absolute Gasteiger partial charge is 0.345 e. The fraction of sp³-hybridized carbons (Fsp3) is 0.294. The van der Waals surface area contributed by atoms with E-state index in [1.807, 2.05) is 18.2 Å². The van der Waals surface area contributed by atoms with E-state index in [0.717, 1.165) is 11.1 Å². The number of hydrogen-bond acceptors (Lipinski definition) is 6. The summed E-state index contributed by atoms with van der Waals surface area (Å²) < 4.78 is 37.6. The van der Waals surface area contributed by atoms with Gasteiger partial charge in [0.25, 0.3) is 5.56 Å². The molecule has 1 unspecified atom stereocenters. The number of pyridine rings is 1. The summed E-state index contributed by atoms with van der Waals surface area (Å²) in [6.45, 7) is 3.46. The van der Waals surface area contributed by atoms with Gasteiger partial charge >= 0.3 is 10.1 Å². The van der Waals surface area contributed by atoms with Gasteiger partial charge in [-0.25, -0.2) is 0 Å². The normalized spacial score (nSPS) is 18.7. The van der Waals surface area contributed by atoms with Gasteiger partial charge < -0.3 is 10.1 Å². The lowest BCUT2D eigenvalue weighted by molar-refractivity contribution is -0.0406. The van der Waals surface area contributed by atoms with E-state index >= 15 is 0 Å². The Morgan fingerprint density at radius 1 is 1.36 bits per heavy atom. The molecule has 3 rings (SSSR count). The summed E-state index contributed by atoms with van der Waals surface area (Å²) in [6.07, 6.45) is 0.227. The van der Waals surface area contributed by atoms with Crippen molar-refractivity contribution >= 4 is 15.8 Å². The maximum absolute atomic E-state index is 11.4. The second-order valence-corrected chi connectivity index (χ2v) is 7.69. The van der Waals surface area contributed by atoms with Crippen LogP contribution in [0.4, 0.5) is 5.69 Å². The molecule has 0 amide bonds. The highest BCUT2D eigenvalue weighted by atomic mass is 32.2. The summed E-state index contributed by atoms with van der Waals surface area (Å²) in [5.74, 6) is 0. The van der Waals surface area contributed by atoms with Crippen LogP contribution in [-0.2, 0) is 26.9 Å². The molecular formula is C17H17N3O4S. The van der Waals surface area contributed by atoms with Crippen LogP contribution in [0, 0.1) is 11.3 Å². The Morgan fingerprint density at radius 3 is 2.80 bits per heavy atom. The van der Waals surface area contributed by atoms with E-state index in [0.29, 0.717) is 17.1 Å². The maximum atomic E-state index is 11.4. The van der Waals surface area contributed by atoms with E-state index in [-0.39, 0.29) is 6.42 Å². The van der Waals surface area contributed by atoms with Crippen molar-refractivity contribution in [2.24, 2.45) is 0 Å². The molecule has 1 atom stereocenters. The first-order valence-electron chi connectivity index (χ1n) is 7.59. The molecule has 1 aliphatic rings. The highest BCUT2D eigenvalue weighted by Crippen LogP contribution is 2.39. The van der Waals surface area contributed by atoms with Gasteiger partial charge in [0.15, 0.2) is 0 Å². The molecule has 0 saturated carbocycles. The Labute approximate surface area is 146 Å². The van der Waals surface area contributed by atoms with Gasteiger partial charge in [0.2, 0.25) is 0 Å². The third-order valence-electron chi connectivity index (χ3n) is 3.98. The van der Waals surface area contributed by atoms with Gasteiger partial charge in [-0.15, -0.1) is 0 Å². The maximum Gasteiger partial charge on any atom is 0.312 e. The highest BCUT2D eigenvalue weighted by Gasteiger charge is 2.39. The Kier molecular flexibility index (Phi) is 4.24. The molecule has 7 nitrogen and oxygen atoms in total. The number of fused-ring (bicyclic) bond motifs is 1. The van der Waals surface area contributed by atoms with Crippen molar-refractivity contribution in [3.8, 4) is 17.3 Å². The van der Waals surface area contributed by atoms with Crippen molar-refractivity contribution in [1.82, 2.24) is 4.98 Å². The first-order valence-corrected chi connectivity index (χ1v) is 9.09. The van der Waals surface area contributed by atoms with E-state index in [9.17, 15) is 13.0 Å². The number of ether oxygens (including phenoxy) is 1. The molecule has 0 fully saturated rings. The zero-order chi connectivity index (χ0) is 18.2. The molecular weight excluding hydrogens is 342 g/mol. The summed E-state index contributed by atoms with van der Waals surface area (Å²) >= 11 is 0. The summed E-state index contributed by atoms with van der Waals surface area (Å²) in [5.41, 5.74) is 1.08. The van der Waals surface area contributed by atoms with Crippen LogP contribution in [0.3, 0.4) is 0 Å². The molecule has 0 aliphatic carbocycles. The Hall–Kier alpha value is -2.47. The zero-order valence-corrected chi connectivity index (χ0v) is 14.5. The molecule has 130 valence electrons. The molecule has 2 heterocycles. The zero-order valence-electron chi connectivity index (χ0n) is 13.7. The lowest BCUT2D eigenvalue weighted by Crippen LogP contribution is -2.43. The summed E-state index contributed by atoms with van der Waals surface area (Å²) in [5, 5.41) is 11.5. The number of rotatable bonds is 3.